The van der Waals surface area contributed by atoms with Gasteiger partial charge in [-0.3, -0.25) is 9.98 Å². The van der Waals surface area contributed by atoms with Gasteiger partial charge in [0.15, 0.2) is 5.96 Å². The quantitative estimate of drug-likeness (QED) is 0.482. The zero-order chi connectivity index (χ0) is 15.6. The normalized spacial score (nSPS) is 22.2. The average Bonchev–Trinajstić information content (AvgIpc) is 2.58. The van der Waals surface area contributed by atoms with E-state index >= 15 is 0 Å². The maximum atomic E-state index is 5.62. The van der Waals surface area contributed by atoms with Gasteiger partial charge in [0.25, 0.3) is 0 Å². The lowest BCUT2D eigenvalue weighted by Crippen LogP contribution is -2.46. The molecule has 5 heteroatoms. The molecule has 122 valence electrons. The van der Waals surface area contributed by atoms with Crippen molar-refractivity contribution in [3.05, 3.63) is 24.5 Å². The van der Waals surface area contributed by atoms with Crippen LogP contribution in [0.3, 0.4) is 0 Å². The summed E-state index contributed by atoms with van der Waals surface area (Å²) < 4.78 is 5.62. The number of pyridine rings is 1. The minimum atomic E-state index is 0.546. The summed E-state index contributed by atoms with van der Waals surface area (Å²) in [4.78, 5) is 8.33. The van der Waals surface area contributed by atoms with Crippen LogP contribution < -0.4 is 15.4 Å². The standard InChI is InChI=1S/C17H28N4O/c1-3-14-6-4-7-15(12-14)21-17(18-2)20-10-11-22-16-8-5-9-19-13-16/h5,8-9,13-15H,3-4,6-7,10-12H2,1-2H3,(H2,18,20,21). The fourth-order valence-electron chi connectivity index (χ4n) is 2.95. The summed E-state index contributed by atoms with van der Waals surface area (Å²) in [6.07, 6.45) is 9.93. The summed E-state index contributed by atoms with van der Waals surface area (Å²) in [6, 6.07) is 4.33. The molecule has 0 amide bonds. The number of hydrogen-bond acceptors (Lipinski definition) is 3. The van der Waals surface area contributed by atoms with Gasteiger partial charge in [-0.2, -0.15) is 0 Å². The molecule has 1 aliphatic carbocycles. The van der Waals surface area contributed by atoms with E-state index < -0.39 is 0 Å². The zero-order valence-corrected chi connectivity index (χ0v) is 13.7. The van der Waals surface area contributed by atoms with Crippen molar-refractivity contribution in [1.82, 2.24) is 15.6 Å². The summed E-state index contributed by atoms with van der Waals surface area (Å²) in [5.41, 5.74) is 0. The molecule has 1 aliphatic rings. The molecule has 0 aromatic carbocycles. The topological polar surface area (TPSA) is 58.5 Å². The smallest absolute Gasteiger partial charge is 0.191 e. The highest BCUT2D eigenvalue weighted by molar-refractivity contribution is 5.79. The molecule has 2 N–H and O–H groups in total. The molecule has 0 bridgehead atoms. The van der Waals surface area contributed by atoms with E-state index in [0.717, 1.165) is 24.2 Å². The highest BCUT2D eigenvalue weighted by Gasteiger charge is 2.21. The van der Waals surface area contributed by atoms with Crippen molar-refractivity contribution in [2.45, 2.75) is 45.1 Å². The summed E-state index contributed by atoms with van der Waals surface area (Å²) in [5.74, 6) is 2.53. The number of ether oxygens (including phenoxy) is 1. The molecule has 5 nitrogen and oxygen atoms in total. The molecule has 2 unspecified atom stereocenters. The van der Waals surface area contributed by atoms with Gasteiger partial charge < -0.3 is 15.4 Å². The number of aromatic nitrogens is 1. The highest BCUT2D eigenvalue weighted by atomic mass is 16.5. The van der Waals surface area contributed by atoms with Crippen molar-refractivity contribution < 1.29 is 4.74 Å². The van der Waals surface area contributed by atoms with Crippen LogP contribution in [-0.2, 0) is 0 Å². The fraction of sp³-hybridized carbons (Fsp3) is 0.647. The van der Waals surface area contributed by atoms with E-state index in [2.05, 4.69) is 27.5 Å². The van der Waals surface area contributed by atoms with E-state index in [1.54, 1.807) is 12.4 Å². The summed E-state index contributed by atoms with van der Waals surface area (Å²) in [6.45, 7) is 3.60. The lowest BCUT2D eigenvalue weighted by atomic mass is 9.84. The molecular formula is C17H28N4O. The molecule has 22 heavy (non-hydrogen) atoms. The van der Waals surface area contributed by atoms with Gasteiger partial charge in [-0.1, -0.05) is 26.2 Å². The van der Waals surface area contributed by atoms with E-state index in [-0.39, 0.29) is 0 Å². The Labute approximate surface area is 133 Å². The minimum absolute atomic E-state index is 0.546. The van der Waals surface area contributed by atoms with Crippen LogP contribution in [0.4, 0.5) is 0 Å². The minimum Gasteiger partial charge on any atom is -0.490 e. The van der Waals surface area contributed by atoms with E-state index in [0.29, 0.717) is 12.6 Å². The van der Waals surface area contributed by atoms with Gasteiger partial charge in [-0.25, -0.2) is 0 Å². The molecule has 1 aromatic heterocycles. The maximum Gasteiger partial charge on any atom is 0.191 e. The molecule has 1 heterocycles. The van der Waals surface area contributed by atoms with Crippen LogP contribution in [0.2, 0.25) is 0 Å². The second kappa shape index (κ2) is 9.28. The summed E-state index contributed by atoms with van der Waals surface area (Å²) in [5, 5.41) is 6.85. The van der Waals surface area contributed by atoms with Gasteiger partial charge in [0.05, 0.1) is 12.7 Å². The molecule has 1 fully saturated rings. The first-order valence-electron chi connectivity index (χ1n) is 8.31. The Hall–Kier alpha value is -1.78. The number of nitrogens with zero attached hydrogens (tertiary/aromatic N) is 2. The third kappa shape index (κ3) is 5.54. The van der Waals surface area contributed by atoms with Crippen LogP contribution in [0.5, 0.6) is 5.75 Å². The van der Waals surface area contributed by atoms with Crippen LogP contribution in [0, 0.1) is 5.92 Å². The van der Waals surface area contributed by atoms with Crippen molar-refractivity contribution in [2.24, 2.45) is 10.9 Å². The predicted octanol–water partition coefficient (Wildman–Crippen LogP) is 2.59. The average molecular weight is 304 g/mol. The van der Waals surface area contributed by atoms with E-state index in [9.17, 15) is 0 Å². The number of aliphatic imine (C=N–C) groups is 1. The van der Waals surface area contributed by atoms with Crippen molar-refractivity contribution in [2.75, 3.05) is 20.2 Å². The lowest BCUT2D eigenvalue weighted by Gasteiger charge is -2.30. The Morgan fingerprint density at radius 1 is 1.45 bits per heavy atom. The molecule has 0 saturated heterocycles. The Morgan fingerprint density at radius 3 is 3.09 bits per heavy atom. The lowest BCUT2D eigenvalue weighted by molar-refractivity contribution is 0.296. The molecule has 2 atom stereocenters. The van der Waals surface area contributed by atoms with Gasteiger partial charge in [-0.15, -0.1) is 0 Å². The van der Waals surface area contributed by atoms with Crippen LogP contribution in [-0.4, -0.2) is 37.2 Å². The highest BCUT2D eigenvalue weighted by Crippen LogP contribution is 2.26. The van der Waals surface area contributed by atoms with Crippen LogP contribution in [0.1, 0.15) is 39.0 Å². The second-order valence-electron chi connectivity index (χ2n) is 5.82. The zero-order valence-electron chi connectivity index (χ0n) is 13.7. The predicted molar refractivity (Wildman–Crippen MR) is 90.3 cm³/mol. The van der Waals surface area contributed by atoms with Crippen molar-refractivity contribution in [3.63, 3.8) is 0 Å². The fourth-order valence-corrected chi connectivity index (χ4v) is 2.95. The first-order chi connectivity index (χ1) is 10.8. The Morgan fingerprint density at radius 2 is 2.36 bits per heavy atom. The summed E-state index contributed by atoms with van der Waals surface area (Å²) in [7, 11) is 1.82. The van der Waals surface area contributed by atoms with E-state index in [4.69, 9.17) is 4.74 Å². The Bertz CT molecular complexity index is 449. The molecule has 1 saturated carbocycles. The van der Waals surface area contributed by atoms with Crippen molar-refractivity contribution >= 4 is 5.96 Å². The molecular weight excluding hydrogens is 276 g/mol. The van der Waals surface area contributed by atoms with Crippen LogP contribution >= 0.6 is 0 Å². The van der Waals surface area contributed by atoms with Gasteiger partial charge >= 0.3 is 0 Å². The summed E-state index contributed by atoms with van der Waals surface area (Å²) >= 11 is 0. The largest absolute Gasteiger partial charge is 0.490 e. The first-order valence-corrected chi connectivity index (χ1v) is 8.31. The molecule has 0 radical (unpaired) electrons. The third-order valence-electron chi connectivity index (χ3n) is 4.22. The van der Waals surface area contributed by atoms with Crippen LogP contribution in [0.25, 0.3) is 0 Å². The maximum absolute atomic E-state index is 5.62. The van der Waals surface area contributed by atoms with Gasteiger partial charge in [0.2, 0.25) is 0 Å². The second-order valence-corrected chi connectivity index (χ2v) is 5.82. The number of rotatable bonds is 6. The van der Waals surface area contributed by atoms with Gasteiger partial charge in [-0.05, 0) is 30.9 Å². The number of guanidine groups is 1. The van der Waals surface area contributed by atoms with Gasteiger partial charge in [0.1, 0.15) is 12.4 Å². The first kappa shape index (κ1) is 16.6. The third-order valence-corrected chi connectivity index (χ3v) is 4.22. The van der Waals surface area contributed by atoms with E-state index in [1.807, 2.05) is 19.2 Å². The SMILES string of the molecule is CCC1CCCC(NC(=NC)NCCOc2cccnc2)C1. The molecule has 0 spiro atoms. The number of nitrogens with one attached hydrogen (secondary N) is 2. The Balaban J connectivity index is 1.67. The van der Waals surface area contributed by atoms with Crippen LogP contribution in [0.15, 0.2) is 29.5 Å². The van der Waals surface area contributed by atoms with Crippen molar-refractivity contribution in [1.29, 1.82) is 0 Å². The van der Waals surface area contributed by atoms with Gasteiger partial charge in [0, 0.05) is 19.3 Å². The molecule has 1 aromatic rings. The Kier molecular flexibility index (Phi) is 7.00. The van der Waals surface area contributed by atoms with E-state index in [1.165, 1.54) is 32.1 Å². The number of hydrogen-bond donors (Lipinski definition) is 2. The molecule has 0 aliphatic heterocycles. The van der Waals surface area contributed by atoms with Crippen molar-refractivity contribution in [3.8, 4) is 5.75 Å². The molecule has 2 rings (SSSR count). The monoisotopic (exact) mass is 304 g/mol.